The van der Waals surface area contributed by atoms with E-state index < -0.39 is 16.0 Å². The van der Waals surface area contributed by atoms with Crippen LogP contribution in [0.2, 0.25) is 0 Å². The van der Waals surface area contributed by atoms with E-state index in [2.05, 4.69) is 15.9 Å². The molecule has 1 rings (SSSR count). The minimum absolute atomic E-state index is 0.0222. The quantitative estimate of drug-likeness (QED) is 0.856. The Balaban J connectivity index is 3.20. The Morgan fingerprint density at radius 2 is 2.05 bits per heavy atom. The van der Waals surface area contributed by atoms with Crippen LogP contribution in [0.4, 0.5) is 0 Å². The summed E-state index contributed by atoms with van der Waals surface area (Å²) in [5.41, 5.74) is -0.0503. The second-order valence-corrected chi connectivity index (χ2v) is 7.00. The van der Waals surface area contributed by atoms with E-state index in [1.807, 2.05) is 6.92 Å². The molecule has 0 atom stereocenters. The minimum Gasteiger partial charge on any atom is -0.478 e. The van der Waals surface area contributed by atoms with Crippen LogP contribution in [0, 0.1) is 0 Å². The van der Waals surface area contributed by atoms with Gasteiger partial charge in [0, 0.05) is 18.1 Å². The van der Waals surface area contributed by atoms with Crippen molar-refractivity contribution in [3.05, 3.63) is 28.2 Å². The highest BCUT2D eigenvalue weighted by atomic mass is 79.9. The summed E-state index contributed by atoms with van der Waals surface area (Å²) in [4.78, 5) is 10.9. The number of carboxylic acid groups (broad SMARTS) is 1. The summed E-state index contributed by atoms with van der Waals surface area (Å²) in [6.07, 6.45) is 1.64. The first kappa shape index (κ1) is 16.1. The maximum Gasteiger partial charge on any atom is 0.335 e. The zero-order valence-corrected chi connectivity index (χ0v) is 13.2. The highest BCUT2D eigenvalue weighted by Gasteiger charge is 2.24. The summed E-state index contributed by atoms with van der Waals surface area (Å²) in [6.45, 7) is 2.38. The van der Waals surface area contributed by atoms with E-state index in [1.54, 1.807) is 0 Å². The van der Waals surface area contributed by atoms with Gasteiger partial charge in [0.1, 0.15) is 0 Å². The molecular weight excluding hydrogens is 334 g/mol. The largest absolute Gasteiger partial charge is 0.478 e. The summed E-state index contributed by atoms with van der Waals surface area (Å²) in [5, 5.41) is 8.92. The third-order valence-electron chi connectivity index (χ3n) is 2.69. The van der Waals surface area contributed by atoms with E-state index in [1.165, 1.54) is 29.6 Å². The Hall–Kier alpha value is -0.920. The number of carbonyl (C=O) groups is 1. The summed E-state index contributed by atoms with van der Waals surface area (Å²) >= 11 is 3.15. The van der Waals surface area contributed by atoms with Gasteiger partial charge in [0.25, 0.3) is 0 Å². The summed E-state index contributed by atoms with van der Waals surface area (Å²) in [6, 6.07) is 3.96. The predicted molar refractivity (Wildman–Crippen MR) is 75.8 cm³/mol. The number of carboxylic acids is 1. The second-order valence-electron chi connectivity index (χ2n) is 4.13. The molecule has 0 amide bonds. The van der Waals surface area contributed by atoms with Gasteiger partial charge in [-0.15, -0.1) is 0 Å². The molecule has 0 radical (unpaired) electrons. The van der Waals surface area contributed by atoms with Gasteiger partial charge >= 0.3 is 5.97 Å². The van der Waals surface area contributed by atoms with E-state index in [0.717, 1.165) is 12.8 Å². The zero-order chi connectivity index (χ0) is 14.6. The molecule has 19 heavy (non-hydrogen) atoms. The molecule has 0 spiro atoms. The van der Waals surface area contributed by atoms with Crippen LogP contribution in [-0.2, 0) is 10.0 Å². The van der Waals surface area contributed by atoms with Crippen LogP contribution in [0.3, 0.4) is 0 Å². The number of nitrogens with zero attached hydrogens (tertiary/aromatic N) is 1. The second kappa shape index (κ2) is 6.49. The van der Waals surface area contributed by atoms with Gasteiger partial charge in [-0.25, -0.2) is 17.5 Å². The normalized spacial score (nSPS) is 11.8. The number of hydrogen-bond acceptors (Lipinski definition) is 3. The van der Waals surface area contributed by atoms with Gasteiger partial charge in [-0.1, -0.05) is 13.3 Å². The number of benzene rings is 1. The predicted octanol–water partition coefficient (Wildman–Crippen LogP) is 2.57. The summed E-state index contributed by atoms with van der Waals surface area (Å²) in [5.74, 6) is -1.15. The van der Waals surface area contributed by atoms with Gasteiger partial charge in [-0.05, 0) is 40.5 Å². The van der Waals surface area contributed by atoms with Crippen molar-refractivity contribution < 1.29 is 18.3 Å². The molecule has 0 heterocycles. The molecule has 1 aromatic rings. The molecule has 7 heteroatoms. The van der Waals surface area contributed by atoms with Crippen LogP contribution in [0.15, 0.2) is 27.6 Å². The smallest absolute Gasteiger partial charge is 0.335 e. The Kier molecular flexibility index (Phi) is 5.51. The highest BCUT2D eigenvalue weighted by molar-refractivity contribution is 9.10. The number of sulfonamides is 1. The van der Waals surface area contributed by atoms with E-state index in [0.29, 0.717) is 11.0 Å². The monoisotopic (exact) mass is 349 g/mol. The third kappa shape index (κ3) is 3.77. The van der Waals surface area contributed by atoms with Crippen LogP contribution < -0.4 is 0 Å². The lowest BCUT2D eigenvalue weighted by atomic mass is 10.2. The first-order chi connectivity index (χ1) is 8.80. The Morgan fingerprint density at radius 3 is 2.58 bits per heavy atom. The van der Waals surface area contributed by atoms with Crippen molar-refractivity contribution in [2.24, 2.45) is 0 Å². The summed E-state index contributed by atoms with van der Waals surface area (Å²) < 4.78 is 26.3. The molecule has 0 aliphatic heterocycles. The fourth-order valence-electron chi connectivity index (χ4n) is 1.50. The van der Waals surface area contributed by atoms with Crippen molar-refractivity contribution in [1.82, 2.24) is 4.31 Å². The Labute approximate surface area is 121 Å². The fourth-order valence-corrected chi connectivity index (χ4v) is 3.66. The van der Waals surface area contributed by atoms with E-state index in [-0.39, 0.29) is 10.5 Å². The summed E-state index contributed by atoms with van der Waals surface area (Å²) in [7, 11) is -2.18. The van der Waals surface area contributed by atoms with Crippen molar-refractivity contribution in [3.8, 4) is 0 Å². The molecular formula is C12H16BrNO4S. The van der Waals surface area contributed by atoms with Gasteiger partial charge in [0.05, 0.1) is 10.5 Å². The van der Waals surface area contributed by atoms with Crippen molar-refractivity contribution in [3.63, 3.8) is 0 Å². The number of hydrogen-bond donors (Lipinski definition) is 1. The molecule has 0 bridgehead atoms. The van der Waals surface area contributed by atoms with Gasteiger partial charge in [-0.2, -0.15) is 0 Å². The molecule has 1 aromatic carbocycles. The van der Waals surface area contributed by atoms with E-state index >= 15 is 0 Å². The molecule has 0 unspecified atom stereocenters. The van der Waals surface area contributed by atoms with Crippen molar-refractivity contribution >= 4 is 31.9 Å². The standard InChI is InChI=1S/C12H16BrNO4S/c1-3-4-7-14(2)19(17,18)11-8-9(12(15)16)5-6-10(11)13/h5-6,8H,3-4,7H2,1-2H3,(H,15,16). The molecule has 0 aromatic heterocycles. The SMILES string of the molecule is CCCCN(C)S(=O)(=O)c1cc(C(=O)O)ccc1Br. The number of halogens is 1. The first-order valence-corrected chi connectivity index (χ1v) is 8.03. The van der Waals surface area contributed by atoms with Crippen molar-refractivity contribution in [1.29, 1.82) is 0 Å². The Bertz CT molecular complexity index is 571. The van der Waals surface area contributed by atoms with Gasteiger partial charge in [0.2, 0.25) is 10.0 Å². The van der Waals surface area contributed by atoms with Crippen molar-refractivity contribution in [2.45, 2.75) is 24.7 Å². The Morgan fingerprint density at radius 1 is 1.42 bits per heavy atom. The molecule has 106 valence electrons. The van der Waals surface area contributed by atoms with E-state index in [9.17, 15) is 13.2 Å². The topological polar surface area (TPSA) is 74.7 Å². The average Bonchev–Trinajstić information content (AvgIpc) is 2.35. The van der Waals surface area contributed by atoms with Crippen LogP contribution in [-0.4, -0.2) is 37.4 Å². The first-order valence-electron chi connectivity index (χ1n) is 5.80. The number of rotatable bonds is 6. The average molecular weight is 350 g/mol. The van der Waals surface area contributed by atoms with Crippen LogP contribution in [0.25, 0.3) is 0 Å². The molecule has 0 saturated heterocycles. The number of aromatic carboxylic acids is 1. The zero-order valence-electron chi connectivity index (χ0n) is 10.8. The molecule has 0 saturated carbocycles. The van der Waals surface area contributed by atoms with Crippen LogP contribution in [0.1, 0.15) is 30.1 Å². The molecule has 0 aliphatic carbocycles. The lowest BCUT2D eigenvalue weighted by molar-refractivity contribution is 0.0696. The van der Waals surface area contributed by atoms with Gasteiger partial charge in [-0.3, -0.25) is 0 Å². The molecule has 0 fully saturated rings. The lowest BCUT2D eigenvalue weighted by Crippen LogP contribution is -2.28. The van der Waals surface area contributed by atoms with Crippen molar-refractivity contribution in [2.75, 3.05) is 13.6 Å². The van der Waals surface area contributed by atoms with Crippen LogP contribution in [0.5, 0.6) is 0 Å². The maximum atomic E-state index is 12.3. The molecule has 0 aliphatic rings. The van der Waals surface area contributed by atoms with E-state index in [4.69, 9.17) is 5.11 Å². The highest BCUT2D eigenvalue weighted by Crippen LogP contribution is 2.26. The minimum atomic E-state index is -3.67. The molecule has 5 nitrogen and oxygen atoms in total. The van der Waals surface area contributed by atoms with Gasteiger partial charge < -0.3 is 5.11 Å². The number of unbranched alkanes of at least 4 members (excludes halogenated alkanes) is 1. The molecule has 1 N–H and O–H groups in total. The lowest BCUT2D eigenvalue weighted by Gasteiger charge is -2.18. The fraction of sp³-hybridized carbons (Fsp3) is 0.417. The maximum absolute atomic E-state index is 12.3. The van der Waals surface area contributed by atoms with Crippen LogP contribution >= 0.6 is 15.9 Å². The third-order valence-corrected chi connectivity index (χ3v) is 5.54. The van der Waals surface area contributed by atoms with Gasteiger partial charge in [0.15, 0.2) is 0 Å².